The summed E-state index contributed by atoms with van der Waals surface area (Å²) in [6.07, 6.45) is 0.156. The Kier molecular flexibility index (Phi) is 5.34. The minimum Gasteiger partial charge on any atom is -0.508 e. The molecule has 8 heteroatoms. The molecule has 1 aromatic heterocycles. The zero-order valence-corrected chi connectivity index (χ0v) is 17.1. The first-order valence-corrected chi connectivity index (χ1v) is 10.4. The van der Waals surface area contributed by atoms with E-state index in [1.165, 1.54) is 11.8 Å². The number of nitrogens with zero attached hydrogens (tertiary/aromatic N) is 2. The first-order valence-electron chi connectivity index (χ1n) is 8.99. The van der Waals surface area contributed by atoms with Crippen molar-refractivity contribution in [3.05, 3.63) is 80.6 Å². The van der Waals surface area contributed by atoms with E-state index in [1.54, 1.807) is 35.9 Å². The standard InChI is InChI=1S/C21H18ClN3O3S/c1-25-19-18(16(10-17(27)23-19)13-5-7-15(26)8-6-13)20(28)24-21(25)29-11-12-3-2-4-14(22)9-12/h2-9,16,26H,10-11H2,1H3,(H,23,27). The molecule has 0 bridgehead atoms. The van der Waals surface area contributed by atoms with Crippen LogP contribution in [-0.2, 0) is 17.6 Å². The maximum Gasteiger partial charge on any atom is 0.279 e. The summed E-state index contributed by atoms with van der Waals surface area (Å²) in [5.41, 5.74) is 1.91. The van der Waals surface area contributed by atoms with Crippen molar-refractivity contribution in [1.82, 2.24) is 9.55 Å². The van der Waals surface area contributed by atoms with E-state index in [4.69, 9.17) is 11.6 Å². The van der Waals surface area contributed by atoms with Crippen LogP contribution in [0.5, 0.6) is 5.75 Å². The van der Waals surface area contributed by atoms with Gasteiger partial charge in [-0.3, -0.25) is 9.59 Å². The van der Waals surface area contributed by atoms with Crippen LogP contribution in [-0.4, -0.2) is 20.6 Å². The van der Waals surface area contributed by atoms with Crippen LogP contribution >= 0.6 is 23.4 Å². The summed E-state index contributed by atoms with van der Waals surface area (Å²) >= 11 is 7.44. The lowest BCUT2D eigenvalue weighted by molar-refractivity contribution is -0.116. The third-order valence-electron chi connectivity index (χ3n) is 4.85. The molecule has 1 aliphatic heterocycles. The van der Waals surface area contributed by atoms with E-state index < -0.39 is 5.92 Å². The summed E-state index contributed by atoms with van der Waals surface area (Å²) in [6.45, 7) is 0. The molecule has 148 valence electrons. The van der Waals surface area contributed by atoms with Gasteiger partial charge >= 0.3 is 0 Å². The molecule has 2 aromatic carbocycles. The lowest BCUT2D eigenvalue weighted by atomic mass is 9.87. The summed E-state index contributed by atoms with van der Waals surface area (Å²) in [7, 11) is 1.78. The largest absolute Gasteiger partial charge is 0.508 e. The number of aromatic nitrogens is 2. The van der Waals surface area contributed by atoms with Gasteiger partial charge in [0, 0.05) is 30.2 Å². The number of carbonyl (C=O) groups excluding carboxylic acids is 1. The van der Waals surface area contributed by atoms with Crippen molar-refractivity contribution in [2.75, 3.05) is 5.32 Å². The molecular formula is C21H18ClN3O3S. The molecule has 1 aliphatic rings. The van der Waals surface area contributed by atoms with Gasteiger partial charge in [-0.1, -0.05) is 47.6 Å². The Hall–Kier alpha value is -2.77. The number of nitrogens with one attached hydrogen (secondary N) is 1. The number of phenolic OH excluding ortho intramolecular Hbond substituents is 1. The van der Waals surface area contributed by atoms with Gasteiger partial charge in [0.15, 0.2) is 5.16 Å². The number of fused-ring (bicyclic) bond motifs is 1. The van der Waals surface area contributed by atoms with Crippen molar-refractivity contribution >= 4 is 35.1 Å². The molecular weight excluding hydrogens is 410 g/mol. The van der Waals surface area contributed by atoms with Crippen LogP contribution in [0, 0.1) is 0 Å². The quantitative estimate of drug-likeness (QED) is 0.487. The molecule has 2 N–H and O–H groups in total. The molecule has 1 amide bonds. The summed E-state index contributed by atoms with van der Waals surface area (Å²) in [6, 6.07) is 14.1. The lowest BCUT2D eigenvalue weighted by Gasteiger charge is -2.27. The Morgan fingerprint density at radius 3 is 2.72 bits per heavy atom. The number of amides is 1. The molecule has 0 fully saturated rings. The molecule has 6 nitrogen and oxygen atoms in total. The normalized spacial score (nSPS) is 15.7. The Morgan fingerprint density at radius 2 is 2.00 bits per heavy atom. The van der Waals surface area contributed by atoms with Gasteiger partial charge in [0.1, 0.15) is 11.6 Å². The first kappa shape index (κ1) is 19.5. The van der Waals surface area contributed by atoms with E-state index >= 15 is 0 Å². The van der Waals surface area contributed by atoms with Gasteiger partial charge in [-0.15, -0.1) is 0 Å². The first-order chi connectivity index (χ1) is 13.9. The van der Waals surface area contributed by atoms with E-state index in [1.807, 2.05) is 24.3 Å². The van der Waals surface area contributed by atoms with E-state index in [0.29, 0.717) is 27.3 Å². The van der Waals surface area contributed by atoms with Gasteiger partial charge in [-0.05, 0) is 35.4 Å². The number of benzene rings is 2. The van der Waals surface area contributed by atoms with Gasteiger partial charge in [0.05, 0.1) is 5.56 Å². The average Bonchev–Trinajstić information content (AvgIpc) is 2.69. The summed E-state index contributed by atoms with van der Waals surface area (Å²) in [4.78, 5) is 29.5. The van der Waals surface area contributed by atoms with Crippen LogP contribution in [0.2, 0.25) is 5.02 Å². The molecule has 0 aliphatic carbocycles. The van der Waals surface area contributed by atoms with Crippen LogP contribution in [0.3, 0.4) is 0 Å². The highest BCUT2D eigenvalue weighted by molar-refractivity contribution is 7.98. The number of phenols is 1. The molecule has 1 atom stereocenters. The third-order valence-corrected chi connectivity index (χ3v) is 6.19. The molecule has 2 heterocycles. The summed E-state index contributed by atoms with van der Waals surface area (Å²) in [5.74, 6) is 0.621. The topological polar surface area (TPSA) is 84.2 Å². The smallest absolute Gasteiger partial charge is 0.279 e. The van der Waals surface area contributed by atoms with Crippen LogP contribution in [0.25, 0.3) is 0 Å². The Balaban J connectivity index is 1.71. The molecule has 1 unspecified atom stereocenters. The molecule has 0 saturated carbocycles. The van der Waals surface area contributed by atoms with Gasteiger partial charge in [-0.2, -0.15) is 4.98 Å². The number of anilines is 1. The summed E-state index contributed by atoms with van der Waals surface area (Å²) in [5, 5.41) is 13.5. The van der Waals surface area contributed by atoms with E-state index in [2.05, 4.69) is 10.3 Å². The number of rotatable bonds is 4. The number of halogens is 1. The van der Waals surface area contributed by atoms with Crippen molar-refractivity contribution in [3.8, 4) is 5.75 Å². The van der Waals surface area contributed by atoms with Crippen LogP contribution in [0.4, 0.5) is 5.82 Å². The van der Waals surface area contributed by atoms with Crippen molar-refractivity contribution in [2.24, 2.45) is 7.05 Å². The van der Waals surface area contributed by atoms with E-state index in [0.717, 1.165) is 11.1 Å². The number of thioether (sulfide) groups is 1. The predicted octanol–water partition coefficient (Wildman–Crippen LogP) is 3.91. The Morgan fingerprint density at radius 1 is 1.24 bits per heavy atom. The maximum atomic E-state index is 12.9. The second-order valence-electron chi connectivity index (χ2n) is 6.84. The van der Waals surface area contributed by atoms with Crippen LogP contribution in [0.1, 0.15) is 29.0 Å². The highest BCUT2D eigenvalue weighted by Gasteiger charge is 2.32. The number of hydrogen-bond donors (Lipinski definition) is 2. The fraction of sp³-hybridized carbons (Fsp3) is 0.190. The molecule has 29 heavy (non-hydrogen) atoms. The fourth-order valence-corrected chi connectivity index (χ4v) is 4.55. The summed E-state index contributed by atoms with van der Waals surface area (Å²) < 4.78 is 1.75. The van der Waals surface area contributed by atoms with Gasteiger partial charge < -0.3 is 15.0 Å². The van der Waals surface area contributed by atoms with Crippen molar-refractivity contribution in [3.63, 3.8) is 0 Å². The van der Waals surface area contributed by atoms with Crippen molar-refractivity contribution in [2.45, 2.75) is 23.2 Å². The zero-order valence-electron chi connectivity index (χ0n) is 15.6. The Bertz CT molecular complexity index is 1140. The van der Waals surface area contributed by atoms with Gasteiger partial charge in [0.25, 0.3) is 5.56 Å². The molecule has 0 spiro atoms. The second-order valence-corrected chi connectivity index (χ2v) is 8.21. The van der Waals surface area contributed by atoms with E-state index in [9.17, 15) is 14.7 Å². The fourth-order valence-electron chi connectivity index (χ4n) is 3.43. The van der Waals surface area contributed by atoms with Crippen LogP contribution < -0.4 is 10.9 Å². The van der Waals surface area contributed by atoms with Crippen LogP contribution in [0.15, 0.2) is 58.5 Å². The lowest BCUT2D eigenvalue weighted by Crippen LogP contribution is -2.33. The number of aromatic hydroxyl groups is 1. The molecule has 3 aromatic rings. The van der Waals surface area contributed by atoms with Gasteiger partial charge in [-0.25, -0.2) is 0 Å². The highest BCUT2D eigenvalue weighted by atomic mass is 35.5. The monoisotopic (exact) mass is 427 g/mol. The van der Waals surface area contributed by atoms with Gasteiger partial charge in [0.2, 0.25) is 5.91 Å². The van der Waals surface area contributed by atoms with E-state index in [-0.39, 0.29) is 23.6 Å². The van der Waals surface area contributed by atoms with Crippen molar-refractivity contribution in [1.29, 1.82) is 0 Å². The van der Waals surface area contributed by atoms with Crippen molar-refractivity contribution < 1.29 is 9.90 Å². The maximum absolute atomic E-state index is 12.9. The molecule has 4 rings (SSSR count). The third kappa shape index (κ3) is 4.02. The Labute approximate surface area is 176 Å². The molecule has 0 saturated heterocycles. The minimum atomic E-state index is -0.405. The number of hydrogen-bond acceptors (Lipinski definition) is 5. The number of carbonyl (C=O) groups is 1. The zero-order chi connectivity index (χ0) is 20.5. The molecule has 0 radical (unpaired) electrons. The highest BCUT2D eigenvalue weighted by Crippen LogP contribution is 2.36. The average molecular weight is 428 g/mol. The predicted molar refractivity (Wildman–Crippen MR) is 114 cm³/mol. The second kappa shape index (κ2) is 7.93. The SMILES string of the molecule is Cn1c(SCc2cccc(Cl)c2)nc(=O)c2c1NC(=O)CC2c1ccc(O)cc1. The minimum absolute atomic E-state index is 0.132.